The topological polar surface area (TPSA) is 63.9 Å². The Bertz CT molecular complexity index is 1010. The summed E-state index contributed by atoms with van der Waals surface area (Å²) in [6, 6.07) is 10.3. The molecule has 4 heterocycles. The van der Waals surface area contributed by atoms with Crippen LogP contribution in [0.2, 0.25) is 0 Å². The Morgan fingerprint density at radius 2 is 2.03 bits per heavy atom. The van der Waals surface area contributed by atoms with E-state index in [1.165, 1.54) is 25.8 Å². The highest BCUT2D eigenvalue weighted by atomic mass is 16.5. The second kappa shape index (κ2) is 10.3. The number of benzene rings is 1. The van der Waals surface area contributed by atoms with E-state index in [1.54, 1.807) is 0 Å². The van der Waals surface area contributed by atoms with Gasteiger partial charge in [-0.15, -0.1) is 0 Å². The van der Waals surface area contributed by atoms with Gasteiger partial charge in [0.25, 0.3) is 0 Å². The molecule has 0 saturated carbocycles. The maximum absolute atomic E-state index is 6.11. The number of rotatable bonds is 4. The van der Waals surface area contributed by atoms with Crippen molar-refractivity contribution in [2.75, 3.05) is 51.3 Å². The van der Waals surface area contributed by atoms with Crippen LogP contribution < -0.4 is 10.1 Å². The Kier molecular flexibility index (Phi) is 6.84. The van der Waals surface area contributed by atoms with Crippen molar-refractivity contribution in [3.05, 3.63) is 42.7 Å². The molecule has 0 aliphatic carbocycles. The average molecular weight is 436 g/mol. The molecule has 1 fully saturated rings. The van der Waals surface area contributed by atoms with E-state index in [9.17, 15) is 0 Å². The van der Waals surface area contributed by atoms with Crippen molar-refractivity contribution in [3.63, 3.8) is 0 Å². The van der Waals surface area contributed by atoms with Gasteiger partial charge in [0.1, 0.15) is 11.6 Å². The SMILES string of the molecule is c1cc2cc(c1)-c1cnn3ccc(nc13)NCCC(CCCN1CCOCC1)CCCO2. The Balaban J connectivity index is 1.28. The fourth-order valence-electron chi connectivity index (χ4n) is 4.75. The first-order valence-corrected chi connectivity index (χ1v) is 12.0. The average Bonchev–Trinajstić information content (AvgIpc) is 3.25. The summed E-state index contributed by atoms with van der Waals surface area (Å²) >= 11 is 0. The van der Waals surface area contributed by atoms with Crippen LogP contribution in [0.3, 0.4) is 0 Å². The van der Waals surface area contributed by atoms with Gasteiger partial charge in [0.2, 0.25) is 0 Å². The lowest BCUT2D eigenvalue weighted by Gasteiger charge is -2.27. The molecule has 0 spiro atoms. The van der Waals surface area contributed by atoms with Crippen LogP contribution in [0.4, 0.5) is 5.82 Å². The molecule has 3 aromatic rings. The highest BCUT2D eigenvalue weighted by Gasteiger charge is 2.15. The molecule has 1 unspecified atom stereocenters. The quantitative estimate of drug-likeness (QED) is 0.666. The molecule has 0 amide bonds. The Morgan fingerprint density at radius 1 is 1.09 bits per heavy atom. The van der Waals surface area contributed by atoms with Crippen molar-refractivity contribution in [1.82, 2.24) is 19.5 Å². The van der Waals surface area contributed by atoms with E-state index in [4.69, 9.17) is 14.5 Å². The van der Waals surface area contributed by atoms with E-state index in [-0.39, 0.29) is 0 Å². The van der Waals surface area contributed by atoms with Gasteiger partial charge < -0.3 is 14.8 Å². The minimum Gasteiger partial charge on any atom is -0.494 e. The molecule has 4 bridgehead atoms. The van der Waals surface area contributed by atoms with Gasteiger partial charge in [-0.25, -0.2) is 9.50 Å². The molecule has 7 heteroatoms. The molecule has 1 aromatic carbocycles. The van der Waals surface area contributed by atoms with Gasteiger partial charge in [-0.05, 0) is 68.3 Å². The molecule has 7 nitrogen and oxygen atoms in total. The smallest absolute Gasteiger partial charge is 0.165 e. The lowest BCUT2D eigenvalue weighted by Crippen LogP contribution is -2.36. The van der Waals surface area contributed by atoms with Crippen molar-refractivity contribution >= 4 is 11.5 Å². The zero-order chi connectivity index (χ0) is 21.6. The van der Waals surface area contributed by atoms with Crippen LogP contribution in [0.5, 0.6) is 5.75 Å². The van der Waals surface area contributed by atoms with Gasteiger partial charge in [0, 0.05) is 31.4 Å². The van der Waals surface area contributed by atoms with Gasteiger partial charge in [-0.2, -0.15) is 5.10 Å². The number of aromatic nitrogens is 3. The first kappa shape index (κ1) is 21.2. The molecular formula is C25H33N5O2. The molecular weight excluding hydrogens is 402 g/mol. The number of morpholine rings is 1. The summed E-state index contributed by atoms with van der Waals surface area (Å²) in [6.07, 6.45) is 9.79. The lowest BCUT2D eigenvalue weighted by atomic mass is 9.94. The Labute approximate surface area is 189 Å². The number of nitrogens with zero attached hydrogens (tertiary/aromatic N) is 4. The first-order valence-electron chi connectivity index (χ1n) is 12.0. The van der Waals surface area contributed by atoms with Crippen LogP contribution in [0, 0.1) is 5.92 Å². The van der Waals surface area contributed by atoms with Crippen LogP contribution >= 0.6 is 0 Å². The molecule has 0 radical (unpaired) electrons. The third kappa shape index (κ3) is 5.22. The van der Waals surface area contributed by atoms with Gasteiger partial charge in [-0.3, -0.25) is 4.90 Å². The van der Waals surface area contributed by atoms with E-state index in [0.29, 0.717) is 5.92 Å². The molecule has 2 aromatic heterocycles. The molecule has 32 heavy (non-hydrogen) atoms. The number of hydrogen-bond acceptors (Lipinski definition) is 6. The fourth-order valence-corrected chi connectivity index (χ4v) is 4.75. The number of nitrogens with one attached hydrogen (secondary N) is 1. The van der Waals surface area contributed by atoms with Crippen molar-refractivity contribution < 1.29 is 9.47 Å². The second-order valence-electron chi connectivity index (χ2n) is 8.84. The Hall–Kier alpha value is -2.64. The summed E-state index contributed by atoms with van der Waals surface area (Å²) in [5.41, 5.74) is 2.97. The first-order chi connectivity index (χ1) is 15.8. The van der Waals surface area contributed by atoms with E-state index in [2.05, 4.69) is 27.4 Å². The van der Waals surface area contributed by atoms with Crippen LogP contribution in [-0.2, 0) is 4.74 Å². The van der Waals surface area contributed by atoms with Gasteiger partial charge in [0.15, 0.2) is 5.65 Å². The predicted octanol–water partition coefficient (Wildman–Crippen LogP) is 4.10. The molecule has 1 saturated heterocycles. The Morgan fingerprint density at radius 3 is 2.97 bits per heavy atom. The fraction of sp³-hybridized carbons (Fsp3) is 0.520. The largest absolute Gasteiger partial charge is 0.494 e. The standard InChI is InChI=1S/C25H33N5O2/c1-6-21-18-22(7-1)32-15-3-5-20(4-2-11-29-13-16-31-17-14-29)8-10-26-24-9-12-30-25(28-24)23(21)19-27-30/h1,6-7,9,12,18-20H,2-5,8,10-11,13-17H2,(H,26,28). The van der Waals surface area contributed by atoms with Gasteiger partial charge in [-0.1, -0.05) is 12.1 Å². The molecule has 1 atom stereocenters. The minimum atomic E-state index is 0.692. The van der Waals surface area contributed by atoms with E-state index < -0.39 is 0 Å². The van der Waals surface area contributed by atoms with Crippen LogP contribution in [0.25, 0.3) is 16.8 Å². The lowest BCUT2D eigenvalue weighted by molar-refractivity contribution is 0.0365. The molecule has 1 N–H and O–H groups in total. The van der Waals surface area contributed by atoms with E-state index in [0.717, 1.165) is 80.6 Å². The van der Waals surface area contributed by atoms with Crippen LogP contribution in [0.15, 0.2) is 42.7 Å². The van der Waals surface area contributed by atoms with Crippen molar-refractivity contribution in [2.24, 2.45) is 5.92 Å². The van der Waals surface area contributed by atoms with Crippen molar-refractivity contribution in [3.8, 4) is 16.9 Å². The number of ether oxygens (including phenoxy) is 2. The monoisotopic (exact) mass is 435 g/mol. The molecule has 170 valence electrons. The third-order valence-electron chi connectivity index (χ3n) is 6.59. The maximum atomic E-state index is 6.11. The van der Waals surface area contributed by atoms with Gasteiger partial charge in [0.05, 0.1) is 26.0 Å². The van der Waals surface area contributed by atoms with Crippen LogP contribution in [0.1, 0.15) is 32.1 Å². The summed E-state index contributed by atoms with van der Waals surface area (Å²) in [6.45, 7) is 6.77. The van der Waals surface area contributed by atoms with Crippen molar-refractivity contribution in [1.29, 1.82) is 0 Å². The summed E-state index contributed by atoms with van der Waals surface area (Å²) in [7, 11) is 0. The number of anilines is 1. The third-order valence-corrected chi connectivity index (χ3v) is 6.59. The minimum absolute atomic E-state index is 0.692. The zero-order valence-electron chi connectivity index (χ0n) is 18.7. The summed E-state index contributed by atoms with van der Waals surface area (Å²) in [5, 5.41) is 8.03. The number of fused-ring (bicyclic) bond motifs is 4. The molecule has 2 aliphatic rings. The van der Waals surface area contributed by atoms with E-state index >= 15 is 0 Å². The normalized spacial score (nSPS) is 20.3. The summed E-state index contributed by atoms with van der Waals surface area (Å²) in [4.78, 5) is 7.39. The van der Waals surface area contributed by atoms with Gasteiger partial charge >= 0.3 is 0 Å². The molecule has 5 rings (SSSR count). The highest BCUT2D eigenvalue weighted by Crippen LogP contribution is 2.28. The van der Waals surface area contributed by atoms with E-state index in [1.807, 2.05) is 35.1 Å². The van der Waals surface area contributed by atoms with Crippen LogP contribution in [-0.4, -0.2) is 65.5 Å². The zero-order valence-corrected chi connectivity index (χ0v) is 18.7. The molecule has 2 aliphatic heterocycles. The summed E-state index contributed by atoms with van der Waals surface area (Å²) in [5.74, 6) is 2.52. The summed E-state index contributed by atoms with van der Waals surface area (Å²) < 4.78 is 13.4. The maximum Gasteiger partial charge on any atom is 0.165 e. The predicted molar refractivity (Wildman–Crippen MR) is 126 cm³/mol. The highest BCUT2D eigenvalue weighted by molar-refractivity contribution is 5.78. The van der Waals surface area contributed by atoms with Crippen molar-refractivity contribution in [2.45, 2.75) is 32.1 Å². The second-order valence-corrected chi connectivity index (χ2v) is 8.84. The number of hydrogen-bond donors (Lipinski definition) is 1.